The molecule has 2 aromatic rings. The maximum absolute atomic E-state index is 11.5. The zero-order valence-corrected chi connectivity index (χ0v) is 13.9. The van der Waals surface area contributed by atoms with Crippen molar-refractivity contribution < 1.29 is 14.6 Å². The Balaban J connectivity index is 1.98. The molecule has 0 saturated heterocycles. The smallest absolute Gasteiger partial charge is 0.341 e. The molecule has 0 atom stereocenters. The Kier molecular flexibility index (Phi) is 6.39. The van der Waals surface area contributed by atoms with E-state index < -0.39 is 5.97 Å². The number of carbonyl (C=O) groups is 1. The van der Waals surface area contributed by atoms with E-state index >= 15 is 0 Å². The standard InChI is InChI=1S/C17H17N3O3S/c1-23-16(22)14-9-13(7-8-15(14)21)10-19-20-17(18)24-11-12-5-3-2-4-6-12/h2-10,21H,11H2,1H3,(H2,18,20). The van der Waals surface area contributed by atoms with Crippen molar-refractivity contribution in [1.29, 1.82) is 0 Å². The van der Waals surface area contributed by atoms with Crippen LogP contribution in [0.1, 0.15) is 21.5 Å². The largest absolute Gasteiger partial charge is 0.507 e. The number of aromatic hydroxyl groups is 1. The highest BCUT2D eigenvalue weighted by molar-refractivity contribution is 8.13. The number of carbonyl (C=O) groups excluding carboxylic acids is 1. The summed E-state index contributed by atoms with van der Waals surface area (Å²) in [6.07, 6.45) is 1.45. The van der Waals surface area contributed by atoms with Gasteiger partial charge >= 0.3 is 5.97 Å². The maximum Gasteiger partial charge on any atom is 0.341 e. The molecular formula is C17H17N3O3S. The number of benzene rings is 2. The van der Waals surface area contributed by atoms with Crippen LogP contribution >= 0.6 is 11.8 Å². The molecule has 0 spiro atoms. The van der Waals surface area contributed by atoms with Gasteiger partial charge < -0.3 is 15.6 Å². The van der Waals surface area contributed by atoms with E-state index in [1.807, 2.05) is 30.3 Å². The summed E-state index contributed by atoms with van der Waals surface area (Å²) >= 11 is 1.38. The van der Waals surface area contributed by atoms with E-state index in [1.54, 1.807) is 6.07 Å². The van der Waals surface area contributed by atoms with E-state index in [0.717, 1.165) is 5.56 Å². The van der Waals surface area contributed by atoms with Crippen LogP contribution < -0.4 is 5.73 Å². The molecule has 2 aromatic carbocycles. The average molecular weight is 343 g/mol. The molecule has 6 nitrogen and oxygen atoms in total. The number of hydrogen-bond donors (Lipinski definition) is 2. The number of amidine groups is 1. The SMILES string of the molecule is COC(=O)c1cc(C=NN=C(N)SCc2ccccc2)ccc1O. The molecule has 7 heteroatoms. The molecule has 0 radical (unpaired) electrons. The Morgan fingerprint density at radius 3 is 2.75 bits per heavy atom. The van der Waals surface area contributed by atoms with Crippen molar-refractivity contribution in [2.24, 2.45) is 15.9 Å². The first-order chi connectivity index (χ1) is 11.6. The molecule has 0 aliphatic heterocycles. The molecule has 0 fully saturated rings. The monoisotopic (exact) mass is 343 g/mol. The molecule has 0 bridgehead atoms. The molecule has 0 aromatic heterocycles. The lowest BCUT2D eigenvalue weighted by molar-refractivity contribution is 0.0597. The van der Waals surface area contributed by atoms with Crippen LogP contribution in [0.25, 0.3) is 0 Å². The molecule has 0 aliphatic rings. The Hall–Kier alpha value is -2.80. The molecule has 0 amide bonds. The summed E-state index contributed by atoms with van der Waals surface area (Å²) in [4.78, 5) is 11.5. The number of hydrogen-bond acceptors (Lipinski definition) is 6. The highest BCUT2D eigenvalue weighted by Crippen LogP contribution is 2.18. The fraction of sp³-hybridized carbons (Fsp3) is 0.118. The first kappa shape index (κ1) is 17.6. The highest BCUT2D eigenvalue weighted by Gasteiger charge is 2.11. The summed E-state index contributed by atoms with van der Waals surface area (Å²) in [7, 11) is 1.25. The zero-order chi connectivity index (χ0) is 17.4. The van der Waals surface area contributed by atoms with Crippen molar-refractivity contribution in [2.45, 2.75) is 5.75 Å². The Morgan fingerprint density at radius 1 is 1.29 bits per heavy atom. The van der Waals surface area contributed by atoms with Crippen LogP contribution in [0.4, 0.5) is 0 Å². The average Bonchev–Trinajstić information content (AvgIpc) is 2.61. The van der Waals surface area contributed by atoms with Crippen molar-refractivity contribution >= 4 is 29.1 Å². The van der Waals surface area contributed by atoms with Crippen molar-refractivity contribution in [1.82, 2.24) is 0 Å². The minimum absolute atomic E-state index is 0.0665. The van der Waals surface area contributed by atoms with Gasteiger partial charge in [0.1, 0.15) is 11.3 Å². The van der Waals surface area contributed by atoms with Crippen LogP contribution in [0.2, 0.25) is 0 Å². The van der Waals surface area contributed by atoms with E-state index in [-0.39, 0.29) is 11.3 Å². The van der Waals surface area contributed by atoms with E-state index in [1.165, 1.54) is 37.2 Å². The predicted molar refractivity (Wildman–Crippen MR) is 96.4 cm³/mol. The van der Waals surface area contributed by atoms with E-state index in [2.05, 4.69) is 14.9 Å². The number of nitrogens with zero attached hydrogens (tertiary/aromatic N) is 2. The summed E-state index contributed by atoms with van der Waals surface area (Å²) in [5.41, 5.74) is 7.60. The molecule has 0 saturated carbocycles. The van der Waals surface area contributed by atoms with Gasteiger partial charge in [0.05, 0.1) is 13.3 Å². The van der Waals surface area contributed by atoms with Gasteiger partial charge in [-0.25, -0.2) is 4.79 Å². The lowest BCUT2D eigenvalue weighted by atomic mass is 10.1. The van der Waals surface area contributed by atoms with Crippen molar-refractivity contribution in [3.8, 4) is 5.75 Å². The Labute approximate surface area is 144 Å². The number of phenols is 1. The zero-order valence-electron chi connectivity index (χ0n) is 13.0. The Bertz CT molecular complexity index is 761. The summed E-state index contributed by atoms with van der Waals surface area (Å²) in [6.45, 7) is 0. The van der Waals surface area contributed by atoms with Crippen LogP contribution in [-0.2, 0) is 10.5 Å². The number of methoxy groups -OCH3 is 1. The van der Waals surface area contributed by atoms with Crippen LogP contribution in [0.5, 0.6) is 5.75 Å². The number of esters is 1. The molecule has 2 rings (SSSR count). The summed E-state index contributed by atoms with van der Waals surface area (Å²) in [6, 6.07) is 14.4. The van der Waals surface area contributed by atoms with Crippen LogP contribution in [0.3, 0.4) is 0 Å². The lowest BCUT2D eigenvalue weighted by Crippen LogP contribution is -2.06. The maximum atomic E-state index is 11.5. The third-order valence-corrected chi connectivity index (χ3v) is 3.87. The Morgan fingerprint density at radius 2 is 2.04 bits per heavy atom. The van der Waals surface area contributed by atoms with Gasteiger partial charge in [-0.2, -0.15) is 5.10 Å². The molecule has 0 aliphatic carbocycles. The van der Waals surface area contributed by atoms with Gasteiger partial charge in [0, 0.05) is 5.75 Å². The minimum atomic E-state index is -0.621. The topological polar surface area (TPSA) is 97.3 Å². The van der Waals surface area contributed by atoms with Crippen LogP contribution in [0, 0.1) is 0 Å². The third kappa shape index (κ3) is 5.13. The van der Waals surface area contributed by atoms with Gasteiger partial charge in [0.2, 0.25) is 0 Å². The van der Waals surface area contributed by atoms with Gasteiger partial charge in [0.25, 0.3) is 0 Å². The number of thioether (sulfide) groups is 1. The fourth-order valence-corrected chi connectivity index (χ4v) is 2.43. The fourth-order valence-electron chi connectivity index (χ4n) is 1.82. The first-order valence-electron chi connectivity index (χ1n) is 7.04. The molecule has 24 heavy (non-hydrogen) atoms. The predicted octanol–water partition coefficient (Wildman–Crippen LogP) is 2.76. The van der Waals surface area contributed by atoms with E-state index in [9.17, 15) is 9.90 Å². The van der Waals surface area contributed by atoms with Crippen LogP contribution in [0.15, 0.2) is 58.7 Å². The summed E-state index contributed by atoms with van der Waals surface area (Å²) in [5.74, 6) is -0.0678. The second-order valence-corrected chi connectivity index (χ2v) is 5.72. The number of ether oxygens (including phenoxy) is 1. The molecular weight excluding hydrogens is 326 g/mol. The van der Waals surface area contributed by atoms with E-state index in [4.69, 9.17) is 5.73 Å². The molecule has 124 valence electrons. The van der Waals surface area contributed by atoms with E-state index in [0.29, 0.717) is 16.5 Å². The summed E-state index contributed by atoms with van der Waals surface area (Å²) in [5, 5.41) is 17.8. The van der Waals surface area contributed by atoms with Gasteiger partial charge in [-0.05, 0) is 29.3 Å². The van der Waals surface area contributed by atoms with Gasteiger partial charge in [-0.3, -0.25) is 0 Å². The van der Waals surface area contributed by atoms with Gasteiger partial charge in [0.15, 0.2) is 5.17 Å². The number of phenolic OH excluding ortho intramolecular Hbond substituents is 1. The first-order valence-corrected chi connectivity index (χ1v) is 8.03. The van der Waals surface area contributed by atoms with Crippen LogP contribution in [-0.4, -0.2) is 29.6 Å². The molecule has 0 unspecified atom stereocenters. The quantitative estimate of drug-likeness (QED) is 0.376. The second-order valence-electron chi connectivity index (χ2n) is 4.73. The summed E-state index contributed by atoms with van der Waals surface area (Å²) < 4.78 is 4.59. The normalized spacial score (nSPS) is 11.6. The highest BCUT2D eigenvalue weighted by atomic mass is 32.2. The molecule has 0 heterocycles. The van der Waals surface area contributed by atoms with Crippen molar-refractivity contribution in [3.63, 3.8) is 0 Å². The number of nitrogens with two attached hydrogens (primary N) is 1. The molecule has 3 N–H and O–H groups in total. The lowest BCUT2D eigenvalue weighted by Gasteiger charge is -2.03. The number of rotatable bonds is 5. The minimum Gasteiger partial charge on any atom is -0.507 e. The van der Waals surface area contributed by atoms with Gasteiger partial charge in [-0.1, -0.05) is 42.1 Å². The van der Waals surface area contributed by atoms with Crippen molar-refractivity contribution in [2.75, 3.05) is 7.11 Å². The second kappa shape index (κ2) is 8.73. The van der Waals surface area contributed by atoms with Gasteiger partial charge in [-0.15, -0.1) is 5.10 Å². The van der Waals surface area contributed by atoms with Crippen molar-refractivity contribution in [3.05, 3.63) is 65.2 Å². The third-order valence-electron chi connectivity index (χ3n) is 3.02.